The van der Waals surface area contributed by atoms with E-state index in [1.165, 1.54) is 13.5 Å². The molecule has 3 aromatic rings. The van der Waals surface area contributed by atoms with Crippen LogP contribution in [0.4, 0.5) is 16.3 Å². The van der Waals surface area contributed by atoms with Crippen molar-refractivity contribution in [2.24, 2.45) is 5.92 Å². The minimum atomic E-state index is -0.417. The fourth-order valence-electron chi connectivity index (χ4n) is 5.22. The molecule has 11 heteroatoms. The van der Waals surface area contributed by atoms with Crippen molar-refractivity contribution in [2.45, 2.75) is 19.3 Å². The van der Waals surface area contributed by atoms with E-state index < -0.39 is 5.97 Å². The van der Waals surface area contributed by atoms with Crippen LogP contribution in [0.3, 0.4) is 0 Å². The van der Waals surface area contributed by atoms with Crippen molar-refractivity contribution in [1.29, 1.82) is 0 Å². The Kier molecular flexibility index (Phi) is 8.80. The van der Waals surface area contributed by atoms with Gasteiger partial charge >= 0.3 is 12.0 Å². The second kappa shape index (κ2) is 12.8. The minimum absolute atomic E-state index is 0.189. The molecule has 0 spiro atoms. The molecule has 212 valence electrons. The smallest absolute Gasteiger partial charge is 0.337 e. The number of ether oxygens (including phenoxy) is 3. The van der Waals surface area contributed by atoms with Gasteiger partial charge in [0.25, 0.3) is 0 Å². The van der Waals surface area contributed by atoms with Crippen LogP contribution in [0.2, 0.25) is 0 Å². The summed E-state index contributed by atoms with van der Waals surface area (Å²) in [4.78, 5) is 37.5. The Balaban J connectivity index is 1.19. The number of amides is 2. The first-order valence-corrected chi connectivity index (χ1v) is 13.7. The number of nitrogens with one attached hydrogen (secondary N) is 2. The summed E-state index contributed by atoms with van der Waals surface area (Å²) in [5.74, 6) is 2.47. The zero-order chi connectivity index (χ0) is 27.9. The summed E-state index contributed by atoms with van der Waals surface area (Å²) in [6.45, 7) is 5.16. The van der Waals surface area contributed by atoms with Crippen LogP contribution >= 0.6 is 0 Å². The lowest BCUT2D eigenvalue weighted by Crippen LogP contribution is -2.50. The maximum Gasteiger partial charge on any atom is 0.337 e. The number of carbonyl (C=O) groups excluding carboxylic acids is 2. The highest BCUT2D eigenvalue weighted by Crippen LogP contribution is 2.35. The zero-order valence-electron chi connectivity index (χ0n) is 23.0. The number of aromatic nitrogens is 2. The van der Waals surface area contributed by atoms with Crippen molar-refractivity contribution in [1.82, 2.24) is 20.2 Å². The molecule has 2 aromatic carbocycles. The van der Waals surface area contributed by atoms with Crippen LogP contribution in [-0.2, 0) is 4.74 Å². The summed E-state index contributed by atoms with van der Waals surface area (Å²) >= 11 is 0. The molecule has 1 unspecified atom stereocenters. The molecule has 0 aliphatic carbocycles. The molecule has 2 N–H and O–H groups in total. The van der Waals surface area contributed by atoms with Gasteiger partial charge in [0, 0.05) is 43.3 Å². The largest absolute Gasteiger partial charge is 0.493 e. The number of carbonyl (C=O) groups is 2. The van der Waals surface area contributed by atoms with Gasteiger partial charge in [-0.25, -0.2) is 19.6 Å². The first-order valence-electron chi connectivity index (χ1n) is 13.7. The molecular weight excluding hydrogens is 512 g/mol. The molecule has 2 fully saturated rings. The van der Waals surface area contributed by atoms with E-state index in [4.69, 9.17) is 14.2 Å². The van der Waals surface area contributed by atoms with E-state index >= 15 is 0 Å². The van der Waals surface area contributed by atoms with Crippen molar-refractivity contribution < 1.29 is 23.8 Å². The van der Waals surface area contributed by atoms with Gasteiger partial charge in [0.1, 0.15) is 12.1 Å². The second-order valence-electron chi connectivity index (χ2n) is 10.0. The van der Waals surface area contributed by atoms with E-state index in [0.29, 0.717) is 55.5 Å². The van der Waals surface area contributed by atoms with Gasteiger partial charge in [-0.05, 0) is 68.6 Å². The standard InChI is InChI=1S/C29H36N6O5/c1-38-25-16-23-24(17-26(25)40-15-3-4-20-9-10-30-18-20)31-19-32-27(23)34-11-13-35(14-12-34)29(37)33-22-7-5-21(6-8-22)28(36)39-2/h5-8,16-17,19-20,30H,3-4,9-15,18H2,1-2H3,(H,33,37). The zero-order valence-corrected chi connectivity index (χ0v) is 23.0. The van der Waals surface area contributed by atoms with Crippen molar-refractivity contribution in [2.75, 3.05) is 70.3 Å². The molecule has 11 nitrogen and oxygen atoms in total. The molecule has 2 aliphatic heterocycles. The number of piperazine rings is 1. The van der Waals surface area contributed by atoms with Gasteiger partial charge in [-0.1, -0.05) is 0 Å². The first-order chi connectivity index (χ1) is 19.6. The van der Waals surface area contributed by atoms with Crippen LogP contribution in [0.1, 0.15) is 29.6 Å². The predicted octanol–water partition coefficient (Wildman–Crippen LogP) is 3.55. The molecule has 1 aromatic heterocycles. The van der Waals surface area contributed by atoms with Crippen molar-refractivity contribution in [3.8, 4) is 11.5 Å². The Morgan fingerprint density at radius 1 is 1.05 bits per heavy atom. The molecule has 2 saturated heterocycles. The number of esters is 1. The molecule has 1 atom stereocenters. The highest BCUT2D eigenvalue weighted by Gasteiger charge is 2.24. The maximum absolute atomic E-state index is 12.8. The number of methoxy groups -OCH3 is 2. The van der Waals surface area contributed by atoms with Crippen LogP contribution in [-0.4, -0.2) is 87.0 Å². The van der Waals surface area contributed by atoms with Gasteiger partial charge in [-0.3, -0.25) is 0 Å². The first kappa shape index (κ1) is 27.4. The SMILES string of the molecule is COC(=O)c1ccc(NC(=O)N2CCN(c3ncnc4cc(OCCCC5CCNC5)c(OC)cc34)CC2)cc1. The summed E-state index contributed by atoms with van der Waals surface area (Å²) < 4.78 is 16.5. The molecule has 0 saturated carbocycles. The number of nitrogens with zero attached hydrogens (tertiary/aromatic N) is 4. The van der Waals surface area contributed by atoms with Crippen LogP contribution < -0.4 is 25.0 Å². The fourth-order valence-corrected chi connectivity index (χ4v) is 5.22. The number of hydrogen-bond donors (Lipinski definition) is 2. The van der Waals surface area contributed by atoms with E-state index in [9.17, 15) is 9.59 Å². The highest BCUT2D eigenvalue weighted by molar-refractivity contribution is 5.93. The number of anilines is 2. The third kappa shape index (κ3) is 6.36. The van der Waals surface area contributed by atoms with Crippen LogP contribution in [0.25, 0.3) is 10.9 Å². The average Bonchev–Trinajstić information content (AvgIpc) is 3.52. The van der Waals surface area contributed by atoms with E-state index in [1.54, 1.807) is 42.6 Å². The summed E-state index contributed by atoms with van der Waals surface area (Å²) in [6.07, 6.45) is 4.96. The number of fused-ring (bicyclic) bond motifs is 1. The quantitative estimate of drug-likeness (QED) is 0.306. The number of hydrogen-bond acceptors (Lipinski definition) is 9. The Hall–Kier alpha value is -4.12. The van der Waals surface area contributed by atoms with E-state index in [0.717, 1.165) is 48.6 Å². The van der Waals surface area contributed by atoms with Crippen molar-refractivity contribution >= 4 is 34.4 Å². The molecule has 0 bridgehead atoms. The van der Waals surface area contributed by atoms with Gasteiger partial charge in [0.15, 0.2) is 11.5 Å². The van der Waals surface area contributed by atoms with Gasteiger partial charge in [0.2, 0.25) is 0 Å². The summed E-state index contributed by atoms with van der Waals surface area (Å²) in [5.41, 5.74) is 1.83. The van der Waals surface area contributed by atoms with E-state index in [-0.39, 0.29) is 6.03 Å². The summed E-state index contributed by atoms with van der Waals surface area (Å²) in [6, 6.07) is 10.3. The van der Waals surface area contributed by atoms with Crippen LogP contribution in [0.5, 0.6) is 11.5 Å². The third-order valence-electron chi connectivity index (χ3n) is 7.50. The topological polar surface area (TPSA) is 118 Å². The minimum Gasteiger partial charge on any atom is -0.493 e. The van der Waals surface area contributed by atoms with Gasteiger partial charge in [-0.15, -0.1) is 0 Å². The number of urea groups is 1. The van der Waals surface area contributed by atoms with E-state index in [2.05, 4.69) is 25.5 Å². The third-order valence-corrected chi connectivity index (χ3v) is 7.50. The molecule has 0 radical (unpaired) electrons. The Labute approximate surface area is 233 Å². The molecule has 40 heavy (non-hydrogen) atoms. The number of rotatable bonds is 9. The lowest BCUT2D eigenvalue weighted by atomic mass is 10.0. The van der Waals surface area contributed by atoms with E-state index in [1.807, 2.05) is 12.1 Å². The van der Waals surface area contributed by atoms with Gasteiger partial charge in [-0.2, -0.15) is 0 Å². The molecule has 3 heterocycles. The Bertz CT molecular complexity index is 1320. The van der Waals surface area contributed by atoms with Crippen LogP contribution in [0.15, 0.2) is 42.7 Å². The maximum atomic E-state index is 12.8. The summed E-state index contributed by atoms with van der Waals surface area (Å²) in [7, 11) is 2.98. The average molecular weight is 549 g/mol. The van der Waals surface area contributed by atoms with Crippen molar-refractivity contribution in [3.63, 3.8) is 0 Å². The number of benzene rings is 2. The lowest BCUT2D eigenvalue weighted by Gasteiger charge is -2.35. The molecule has 2 amide bonds. The van der Waals surface area contributed by atoms with Gasteiger partial charge < -0.3 is 34.6 Å². The van der Waals surface area contributed by atoms with Gasteiger partial charge in [0.05, 0.1) is 31.9 Å². The summed E-state index contributed by atoms with van der Waals surface area (Å²) in [5, 5.41) is 7.19. The fraction of sp³-hybridized carbons (Fsp3) is 0.448. The monoisotopic (exact) mass is 548 g/mol. The highest BCUT2D eigenvalue weighted by atomic mass is 16.5. The lowest BCUT2D eigenvalue weighted by molar-refractivity contribution is 0.0600. The molecule has 5 rings (SSSR count). The molecular formula is C29H36N6O5. The Morgan fingerprint density at radius 2 is 1.85 bits per heavy atom. The van der Waals surface area contributed by atoms with Crippen LogP contribution in [0, 0.1) is 5.92 Å². The second-order valence-corrected chi connectivity index (χ2v) is 10.0. The molecule has 2 aliphatic rings. The predicted molar refractivity (Wildman–Crippen MR) is 152 cm³/mol. The van der Waals surface area contributed by atoms with Crippen molar-refractivity contribution in [3.05, 3.63) is 48.3 Å². The normalized spacial score (nSPS) is 17.1. The Morgan fingerprint density at radius 3 is 2.55 bits per heavy atom.